The fourth-order valence-corrected chi connectivity index (χ4v) is 24.4. The molecule has 8 heteroatoms. The van der Waals surface area contributed by atoms with Crippen LogP contribution in [-0.2, 0) is 16.5 Å². The molecule has 4 aromatic carbocycles. The third kappa shape index (κ3) is 9.27. The minimum atomic E-state index is -3.01. The van der Waals surface area contributed by atoms with Crippen molar-refractivity contribution in [1.29, 1.82) is 0 Å². The van der Waals surface area contributed by atoms with Gasteiger partial charge in [-0.2, -0.15) is 0 Å². The zero-order valence-corrected chi connectivity index (χ0v) is 29.8. The first kappa shape index (κ1) is 32.0. The summed E-state index contributed by atoms with van der Waals surface area (Å²) in [5, 5.41) is 0. The summed E-state index contributed by atoms with van der Waals surface area (Å²) in [4.78, 5) is 0. The third-order valence-corrected chi connectivity index (χ3v) is 23.2. The molecule has 4 aromatic rings. The quantitative estimate of drug-likeness (QED) is 0.179. The summed E-state index contributed by atoms with van der Waals surface area (Å²) in [6, 6.07) is 41.0. The lowest BCUT2D eigenvalue weighted by Gasteiger charge is -2.47. The lowest BCUT2D eigenvalue weighted by Crippen LogP contribution is -2.66. The Labute approximate surface area is 266 Å². The average Bonchev–Trinajstić information content (AvgIpc) is 3.02. The molecular weight excluding hydrogens is 609 g/mol. The van der Waals surface area contributed by atoms with Gasteiger partial charge >= 0.3 is 34.2 Å². The fraction of sp³-hybridized carbons (Fsp3) is 0.111. The second-order valence-corrected chi connectivity index (χ2v) is 24.2. The van der Waals surface area contributed by atoms with Gasteiger partial charge in [0.1, 0.15) is 0 Å². The summed E-state index contributed by atoms with van der Waals surface area (Å²) < 4.78 is 28.7. The van der Waals surface area contributed by atoms with E-state index in [1.54, 1.807) is 0 Å². The Bertz CT molecular complexity index is 1350. The Balaban J connectivity index is 1.58. The highest BCUT2D eigenvalue weighted by atomic mass is 28.5. The minimum absolute atomic E-state index is 1.09. The van der Waals surface area contributed by atoms with Crippen molar-refractivity contribution in [2.75, 3.05) is 0 Å². The molecule has 0 aromatic heterocycles. The Kier molecular flexibility index (Phi) is 10.2. The van der Waals surface area contributed by atoms with Gasteiger partial charge in [-0.1, -0.05) is 146 Å². The molecule has 44 heavy (non-hydrogen) atoms. The van der Waals surface area contributed by atoms with E-state index < -0.39 is 34.2 Å². The molecule has 0 aliphatic carbocycles. The summed E-state index contributed by atoms with van der Waals surface area (Å²) >= 11 is 0. The lowest BCUT2D eigenvalue weighted by molar-refractivity contribution is 0.251. The summed E-state index contributed by atoms with van der Waals surface area (Å²) in [6.07, 6.45) is 8.41. The Hall–Kier alpha value is -3.45. The van der Waals surface area contributed by atoms with Crippen molar-refractivity contribution in [1.82, 2.24) is 0 Å². The minimum Gasteiger partial charge on any atom is -0.410 e. The highest BCUT2D eigenvalue weighted by molar-refractivity contribution is 6.98. The molecule has 1 saturated heterocycles. The average molecular weight is 649 g/mol. The first-order valence-electron chi connectivity index (χ1n) is 14.9. The second kappa shape index (κ2) is 14.1. The lowest BCUT2D eigenvalue weighted by atomic mass is 10.2. The molecule has 4 nitrogen and oxygen atoms in total. The molecule has 0 bridgehead atoms. The first-order valence-corrected chi connectivity index (χ1v) is 24.5. The highest BCUT2D eigenvalue weighted by Gasteiger charge is 2.54. The SMILES string of the molecule is C[Si]1(/C=C\c2ccccc2)O[Si](C)(/C=C/c2ccccc2)O[Si](C)(/C=C/c2ccccc2)O[Si](C)(/C=C/c2ccccc2)O1. The van der Waals surface area contributed by atoms with Crippen LogP contribution in [0.5, 0.6) is 0 Å². The van der Waals surface area contributed by atoms with Crippen LogP contribution in [0.2, 0.25) is 26.2 Å². The van der Waals surface area contributed by atoms with E-state index in [-0.39, 0.29) is 0 Å². The van der Waals surface area contributed by atoms with E-state index in [0.29, 0.717) is 0 Å². The van der Waals surface area contributed by atoms with E-state index in [1.807, 2.05) is 72.8 Å². The van der Waals surface area contributed by atoms with E-state index in [1.165, 1.54) is 0 Å². The van der Waals surface area contributed by atoms with E-state index in [2.05, 4.69) is 122 Å². The zero-order chi connectivity index (χ0) is 30.9. The van der Waals surface area contributed by atoms with Crippen LogP contribution in [0, 0.1) is 0 Å². The molecule has 0 radical (unpaired) electrons. The Morgan fingerprint density at radius 1 is 0.318 bits per heavy atom. The van der Waals surface area contributed by atoms with Crippen LogP contribution in [0.25, 0.3) is 24.3 Å². The third-order valence-electron chi connectivity index (χ3n) is 7.13. The highest BCUT2D eigenvalue weighted by Crippen LogP contribution is 2.34. The van der Waals surface area contributed by atoms with Crippen LogP contribution in [0.15, 0.2) is 144 Å². The molecule has 2 atom stereocenters. The molecule has 1 fully saturated rings. The molecule has 5 rings (SSSR count). The van der Waals surface area contributed by atoms with E-state index in [4.69, 9.17) is 16.5 Å². The number of benzene rings is 4. The molecule has 1 aliphatic heterocycles. The van der Waals surface area contributed by atoms with Gasteiger partial charge < -0.3 is 16.5 Å². The summed E-state index contributed by atoms with van der Waals surface area (Å²) in [5.41, 5.74) is 12.9. The van der Waals surface area contributed by atoms with Crippen molar-refractivity contribution in [3.63, 3.8) is 0 Å². The van der Waals surface area contributed by atoms with Crippen LogP contribution >= 0.6 is 0 Å². The van der Waals surface area contributed by atoms with E-state index in [0.717, 1.165) is 22.3 Å². The van der Waals surface area contributed by atoms with Crippen molar-refractivity contribution in [3.8, 4) is 0 Å². The van der Waals surface area contributed by atoms with E-state index >= 15 is 0 Å². The molecule has 0 amide bonds. The predicted octanol–water partition coefficient (Wildman–Crippen LogP) is 9.36. The first-order chi connectivity index (χ1) is 21.1. The maximum atomic E-state index is 7.19. The van der Waals surface area contributed by atoms with Crippen molar-refractivity contribution < 1.29 is 16.5 Å². The monoisotopic (exact) mass is 648 g/mol. The van der Waals surface area contributed by atoms with Crippen LogP contribution in [0.1, 0.15) is 22.3 Å². The number of hydrogen-bond donors (Lipinski definition) is 0. The van der Waals surface area contributed by atoms with Gasteiger partial charge in [0.15, 0.2) is 0 Å². The maximum Gasteiger partial charge on any atom is 0.344 e. The van der Waals surface area contributed by atoms with Gasteiger partial charge in [0, 0.05) is 0 Å². The van der Waals surface area contributed by atoms with Crippen LogP contribution < -0.4 is 0 Å². The Morgan fingerprint density at radius 3 is 0.682 bits per heavy atom. The van der Waals surface area contributed by atoms with Crippen molar-refractivity contribution in [3.05, 3.63) is 166 Å². The van der Waals surface area contributed by atoms with Gasteiger partial charge in [0.2, 0.25) is 0 Å². The number of rotatable bonds is 8. The molecule has 2 unspecified atom stereocenters. The normalized spacial score (nSPS) is 28.1. The van der Waals surface area contributed by atoms with Crippen LogP contribution in [0.4, 0.5) is 0 Å². The largest absolute Gasteiger partial charge is 0.410 e. The number of hydrogen-bond acceptors (Lipinski definition) is 4. The molecular formula is C36H40O4Si4. The van der Waals surface area contributed by atoms with Crippen molar-refractivity contribution in [2.45, 2.75) is 26.2 Å². The molecule has 0 N–H and O–H groups in total. The van der Waals surface area contributed by atoms with E-state index in [9.17, 15) is 0 Å². The molecule has 1 aliphatic rings. The van der Waals surface area contributed by atoms with Gasteiger partial charge in [-0.05, 0) is 71.2 Å². The zero-order valence-electron chi connectivity index (χ0n) is 25.8. The standard InChI is InChI=1S/C36H40O4Si4/c1-41(29-25-33-17-9-5-10-18-33)37-42(2,30-26-34-19-11-6-12-20-34)39-44(4,32-28-36-23-15-8-16-24-36)40-43(3,38-41)31-27-35-21-13-7-14-22-35/h5-32H,1-4H3/b29-25-,30-26+,31-27+,32-28+. The topological polar surface area (TPSA) is 36.9 Å². The van der Waals surface area contributed by atoms with Gasteiger partial charge in [0.05, 0.1) is 0 Å². The fourth-order valence-electron chi connectivity index (χ4n) is 5.21. The van der Waals surface area contributed by atoms with Crippen molar-refractivity contribution in [2.24, 2.45) is 0 Å². The molecule has 1 heterocycles. The predicted molar refractivity (Wildman–Crippen MR) is 193 cm³/mol. The summed E-state index contributed by atoms with van der Waals surface area (Å²) in [7, 11) is -12.0. The van der Waals surface area contributed by atoms with Crippen LogP contribution in [0.3, 0.4) is 0 Å². The molecule has 224 valence electrons. The van der Waals surface area contributed by atoms with Crippen molar-refractivity contribution >= 4 is 58.5 Å². The summed E-state index contributed by atoms with van der Waals surface area (Å²) in [5.74, 6) is 0. The molecule has 0 spiro atoms. The summed E-state index contributed by atoms with van der Waals surface area (Å²) in [6.45, 7) is 8.41. The van der Waals surface area contributed by atoms with Gasteiger partial charge in [0.25, 0.3) is 0 Å². The smallest absolute Gasteiger partial charge is 0.344 e. The Morgan fingerprint density at radius 2 is 0.500 bits per heavy atom. The maximum absolute atomic E-state index is 7.19. The van der Waals surface area contributed by atoms with Gasteiger partial charge in [-0.3, -0.25) is 0 Å². The second-order valence-electron chi connectivity index (χ2n) is 11.4. The van der Waals surface area contributed by atoms with Crippen LogP contribution in [-0.4, -0.2) is 34.2 Å². The van der Waals surface area contributed by atoms with Gasteiger partial charge in [-0.25, -0.2) is 0 Å². The molecule has 0 saturated carbocycles. The van der Waals surface area contributed by atoms with Gasteiger partial charge in [-0.15, -0.1) is 0 Å².